The second-order valence-electron chi connectivity index (χ2n) is 5.08. The predicted molar refractivity (Wildman–Crippen MR) is 114 cm³/mol. The summed E-state index contributed by atoms with van der Waals surface area (Å²) in [5.74, 6) is 0. The van der Waals surface area contributed by atoms with Gasteiger partial charge in [0.1, 0.15) is 0 Å². The number of para-hydroxylation sites is 2. The Morgan fingerprint density at radius 1 is 0.727 bits per heavy atom. The summed E-state index contributed by atoms with van der Waals surface area (Å²) in [5, 5.41) is 2.56. The van der Waals surface area contributed by atoms with Gasteiger partial charge in [-0.1, -0.05) is 40.2 Å². The first-order valence-corrected chi connectivity index (χ1v) is 9.75. The van der Waals surface area contributed by atoms with E-state index in [-0.39, 0.29) is 0 Å². The van der Waals surface area contributed by atoms with E-state index in [1.54, 1.807) is 0 Å². The summed E-state index contributed by atoms with van der Waals surface area (Å²) in [4.78, 5) is 0. The molecule has 108 valence electrons. The highest BCUT2D eigenvalue weighted by molar-refractivity contribution is 14.1. The fourth-order valence-corrected chi connectivity index (χ4v) is 5.24. The molecular formula is C18H10BrI2N. The van der Waals surface area contributed by atoms with E-state index < -0.39 is 0 Å². The third kappa shape index (κ3) is 2.30. The van der Waals surface area contributed by atoms with Gasteiger partial charge in [-0.25, -0.2) is 0 Å². The zero-order valence-electron chi connectivity index (χ0n) is 11.4. The van der Waals surface area contributed by atoms with Crippen LogP contribution in [0.1, 0.15) is 0 Å². The molecule has 0 fully saturated rings. The Hall–Kier alpha value is -0.600. The van der Waals surface area contributed by atoms with E-state index in [4.69, 9.17) is 0 Å². The summed E-state index contributed by atoms with van der Waals surface area (Å²) in [6.07, 6.45) is 0. The minimum Gasteiger partial charge on any atom is -0.307 e. The SMILES string of the molecule is Brc1ccc2c(c1)c1ccccc1n2-c1c(I)cccc1I. The average Bonchev–Trinajstić information content (AvgIpc) is 2.82. The summed E-state index contributed by atoms with van der Waals surface area (Å²) in [7, 11) is 0. The van der Waals surface area contributed by atoms with Gasteiger partial charge in [0.15, 0.2) is 0 Å². The van der Waals surface area contributed by atoms with Crippen molar-refractivity contribution in [3.8, 4) is 5.69 Å². The molecule has 22 heavy (non-hydrogen) atoms. The van der Waals surface area contributed by atoms with Crippen molar-refractivity contribution in [3.63, 3.8) is 0 Å². The van der Waals surface area contributed by atoms with Crippen LogP contribution in [-0.2, 0) is 0 Å². The number of aromatic nitrogens is 1. The molecule has 0 spiro atoms. The number of benzene rings is 3. The lowest BCUT2D eigenvalue weighted by molar-refractivity contribution is 1.15. The number of hydrogen-bond acceptors (Lipinski definition) is 0. The molecule has 0 N–H and O–H groups in total. The maximum Gasteiger partial charge on any atom is 0.0729 e. The first-order chi connectivity index (χ1) is 10.7. The fourth-order valence-electron chi connectivity index (χ4n) is 2.89. The number of hydrogen-bond donors (Lipinski definition) is 0. The Balaban J connectivity index is 2.25. The highest BCUT2D eigenvalue weighted by Crippen LogP contribution is 2.36. The summed E-state index contributed by atoms with van der Waals surface area (Å²) >= 11 is 8.45. The molecule has 1 heterocycles. The molecule has 0 aliphatic carbocycles. The molecule has 0 aliphatic heterocycles. The Bertz CT molecular complexity index is 1000. The van der Waals surface area contributed by atoms with Gasteiger partial charge in [-0.15, -0.1) is 0 Å². The molecule has 1 aromatic heterocycles. The molecular weight excluding hydrogens is 564 g/mol. The highest BCUT2D eigenvalue weighted by atomic mass is 127. The maximum absolute atomic E-state index is 3.60. The van der Waals surface area contributed by atoms with Gasteiger partial charge in [-0.05, 0) is 81.6 Å². The van der Waals surface area contributed by atoms with Crippen molar-refractivity contribution >= 4 is 82.9 Å². The van der Waals surface area contributed by atoms with Crippen molar-refractivity contribution in [2.45, 2.75) is 0 Å². The zero-order valence-corrected chi connectivity index (χ0v) is 17.3. The number of rotatable bonds is 1. The van der Waals surface area contributed by atoms with E-state index in [1.807, 2.05) is 0 Å². The van der Waals surface area contributed by atoms with E-state index in [2.05, 4.69) is 126 Å². The van der Waals surface area contributed by atoms with Gasteiger partial charge in [-0.2, -0.15) is 0 Å². The van der Waals surface area contributed by atoms with Crippen LogP contribution in [0.2, 0.25) is 0 Å². The first-order valence-electron chi connectivity index (χ1n) is 6.80. The molecule has 1 nitrogen and oxygen atoms in total. The smallest absolute Gasteiger partial charge is 0.0729 e. The third-order valence-corrected chi connectivity index (χ3v) is 6.03. The molecule has 0 aliphatic rings. The Morgan fingerprint density at radius 2 is 1.41 bits per heavy atom. The van der Waals surface area contributed by atoms with Crippen LogP contribution in [-0.4, -0.2) is 4.57 Å². The zero-order chi connectivity index (χ0) is 15.3. The molecule has 0 radical (unpaired) electrons. The molecule has 0 saturated heterocycles. The van der Waals surface area contributed by atoms with Crippen molar-refractivity contribution < 1.29 is 0 Å². The molecule has 4 rings (SSSR count). The van der Waals surface area contributed by atoms with E-state index in [9.17, 15) is 0 Å². The molecule has 4 heteroatoms. The first kappa shape index (κ1) is 15.0. The van der Waals surface area contributed by atoms with Crippen molar-refractivity contribution in [1.82, 2.24) is 4.57 Å². The van der Waals surface area contributed by atoms with Crippen molar-refractivity contribution in [2.75, 3.05) is 0 Å². The number of halogens is 3. The van der Waals surface area contributed by atoms with Crippen LogP contribution in [0.15, 0.2) is 65.1 Å². The third-order valence-electron chi connectivity index (χ3n) is 3.80. The van der Waals surface area contributed by atoms with Gasteiger partial charge >= 0.3 is 0 Å². The lowest BCUT2D eigenvalue weighted by atomic mass is 10.2. The van der Waals surface area contributed by atoms with Crippen LogP contribution in [0.5, 0.6) is 0 Å². The second-order valence-corrected chi connectivity index (χ2v) is 8.32. The van der Waals surface area contributed by atoms with Crippen LogP contribution in [0, 0.1) is 7.14 Å². The largest absolute Gasteiger partial charge is 0.307 e. The molecule has 0 amide bonds. The minimum atomic E-state index is 1.11. The van der Waals surface area contributed by atoms with Gasteiger partial charge in [0, 0.05) is 22.4 Å². The summed E-state index contributed by atoms with van der Waals surface area (Å²) in [6, 6.07) is 21.6. The monoisotopic (exact) mass is 573 g/mol. The highest BCUT2D eigenvalue weighted by Gasteiger charge is 2.15. The van der Waals surface area contributed by atoms with E-state index in [1.165, 1.54) is 34.6 Å². The number of fused-ring (bicyclic) bond motifs is 3. The van der Waals surface area contributed by atoms with Gasteiger partial charge in [-0.3, -0.25) is 0 Å². The minimum absolute atomic E-state index is 1.11. The summed E-state index contributed by atoms with van der Waals surface area (Å²) in [6.45, 7) is 0. The van der Waals surface area contributed by atoms with Crippen molar-refractivity contribution in [2.24, 2.45) is 0 Å². The normalized spacial score (nSPS) is 11.4. The van der Waals surface area contributed by atoms with Gasteiger partial charge in [0.2, 0.25) is 0 Å². The molecule has 3 aromatic carbocycles. The van der Waals surface area contributed by atoms with E-state index >= 15 is 0 Å². The molecule has 4 aromatic rings. The second kappa shape index (κ2) is 5.79. The topological polar surface area (TPSA) is 4.93 Å². The molecule has 0 atom stereocenters. The Kier molecular flexibility index (Phi) is 3.94. The van der Waals surface area contributed by atoms with E-state index in [0.717, 1.165) is 4.47 Å². The standard InChI is InChI=1S/C18H10BrI2N/c19-11-8-9-17-13(10-11)12-4-1-2-7-16(12)22(17)18-14(20)5-3-6-15(18)21/h1-10H. The molecule has 0 unspecified atom stereocenters. The van der Waals surface area contributed by atoms with Gasteiger partial charge in [0.05, 0.1) is 16.7 Å². The lowest BCUT2D eigenvalue weighted by Gasteiger charge is -2.12. The average molecular weight is 574 g/mol. The Labute approximate surface area is 164 Å². The van der Waals surface area contributed by atoms with Crippen LogP contribution >= 0.6 is 61.1 Å². The molecule has 0 saturated carbocycles. The van der Waals surface area contributed by atoms with Crippen LogP contribution in [0.4, 0.5) is 0 Å². The fraction of sp³-hybridized carbons (Fsp3) is 0. The molecule has 0 bridgehead atoms. The lowest BCUT2D eigenvalue weighted by Crippen LogP contribution is -1.99. The van der Waals surface area contributed by atoms with E-state index in [0.29, 0.717) is 0 Å². The van der Waals surface area contributed by atoms with Crippen molar-refractivity contribution in [1.29, 1.82) is 0 Å². The quantitative estimate of drug-likeness (QED) is 0.222. The van der Waals surface area contributed by atoms with Gasteiger partial charge in [0.25, 0.3) is 0 Å². The van der Waals surface area contributed by atoms with Crippen LogP contribution in [0.25, 0.3) is 27.5 Å². The van der Waals surface area contributed by atoms with Crippen molar-refractivity contribution in [3.05, 3.63) is 72.3 Å². The van der Waals surface area contributed by atoms with Gasteiger partial charge < -0.3 is 4.57 Å². The van der Waals surface area contributed by atoms with Crippen LogP contribution in [0.3, 0.4) is 0 Å². The Morgan fingerprint density at radius 3 is 2.18 bits per heavy atom. The summed E-state index contributed by atoms with van der Waals surface area (Å²) in [5.41, 5.74) is 3.75. The summed E-state index contributed by atoms with van der Waals surface area (Å²) < 4.78 is 6.01. The predicted octanol–water partition coefficient (Wildman–Crippen LogP) is 6.76. The number of nitrogens with zero attached hydrogens (tertiary/aromatic N) is 1. The van der Waals surface area contributed by atoms with Crippen LogP contribution < -0.4 is 0 Å². The maximum atomic E-state index is 3.60.